The van der Waals surface area contributed by atoms with Crippen molar-refractivity contribution in [2.24, 2.45) is 5.73 Å². The number of pyridine rings is 1. The minimum atomic E-state index is 0.485. The summed E-state index contributed by atoms with van der Waals surface area (Å²) in [5, 5.41) is 0. The van der Waals surface area contributed by atoms with Crippen molar-refractivity contribution in [2.75, 3.05) is 11.4 Å². The molecule has 1 aliphatic heterocycles. The van der Waals surface area contributed by atoms with Gasteiger partial charge in [0.1, 0.15) is 5.65 Å². The van der Waals surface area contributed by atoms with E-state index in [2.05, 4.69) is 33.6 Å². The molecule has 0 radical (unpaired) electrons. The summed E-state index contributed by atoms with van der Waals surface area (Å²) in [6, 6.07) is 14.6. The Hall–Kier alpha value is -2.33. The topological polar surface area (TPSA) is 46.6 Å². The number of nitrogens with zero attached hydrogens (tertiary/aromatic N) is 3. The Morgan fingerprint density at radius 2 is 1.95 bits per heavy atom. The lowest BCUT2D eigenvalue weighted by Crippen LogP contribution is -2.26. The summed E-state index contributed by atoms with van der Waals surface area (Å²) < 4.78 is 2.09. The van der Waals surface area contributed by atoms with E-state index in [0.29, 0.717) is 6.54 Å². The van der Waals surface area contributed by atoms with Gasteiger partial charge in [0, 0.05) is 25.0 Å². The van der Waals surface area contributed by atoms with Crippen molar-refractivity contribution in [3.63, 3.8) is 0 Å². The van der Waals surface area contributed by atoms with Crippen LogP contribution in [0.5, 0.6) is 0 Å². The number of hydrogen-bond donors (Lipinski definition) is 1. The number of anilines is 2. The number of imidazole rings is 1. The number of para-hydroxylation sites is 1. The van der Waals surface area contributed by atoms with Crippen LogP contribution in [0.2, 0.25) is 0 Å². The molecule has 1 aromatic carbocycles. The molecule has 0 aliphatic carbocycles. The molecule has 0 unspecified atom stereocenters. The SMILES string of the molecule is NCc1c(N2CCCc3ccccc32)nc2ccccn12. The van der Waals surface area contributed by atoms with Crippen LogP contribution in [-0.2, 0) is 13.0 Å². The Labute approximate surface area is 123 Å². The lowest BCUT2D eigenvalue weighted by atomic mass is 10.0. The molecule has 4 heteroatoms. The first-order valence-electron chi connectivity index (χ1n) is 7.40. The number of nitrogens with two attached hydrogens (primary N) is 1. The van der Waals surface area contributed by atoms with E-state index in [-0.39, 0.29) is 0 Å². The van der Waals surface area contributed by atoms with Gasteiger partial charge < -0.3 is 15.0 Å². The average molecular weight is 278 g/mol. The van der Waals surface area contributed by atoms with E-state index in [1.165, 1.54) is 11.3 Å². The molecule has 21 heavy (non-hydrogen) atoms. The second kappa shape index (κ2) is 4.90. The quantitative estimate of drug-likeness (QED) is 0.784. The Balaban J connectivity index is 1.91. The van der Waals surface area contributed by atoms with Gasteiger partial charge in [-0.2, -0.15) is 0 Å². The highest BCUT2D eigenvalue weighted by Crippen LogP contribution is 2.34. The maximum absolute atomic E-state index is 6.00. The van der Waals surface area contributed by atoms with E-state index in [9.17, 15) is 0 Å². The Morgan fingerprint density at radius 1 is 1.10 bits per heavy atom. The van der Waals surface area contributed by atoms with Crippen LogP contribution in [0.4, 0.5) is 11.5 Å². The molecule has 4 rings (SSSR count). The molecule has 1 aliphatic rings. The van der Waals surface area contributed by atoms with Crippen molar-refractivity contribution < 1.29 is 0 Å². The van der Waals surface area contributed by atoms with E-state index in [0.717, 1.165) is 36.5 Å². The van der Waals surface area contributed by atoms with E-state index >= 15 is 0 Å². The highest BCUT2D eigenvalue weighted by molar-refractivity contribution is 5.69. The highest BCUT2D eigenvalue weighted by atomic mass is 15.2. The van der Waals surface area contributed by atoms with Crippen molar-refractivity contribution >= 4 is 17.2 Å². The van der Waals surface area contributed by atoms with Crippen LogP contribution < -0.4 is 10.6 Å². The molecular formula is C17H18N4. The van der Waals surface area contributed by atoms with Gasteiger partial charge in [0.05, 0.1) is 5.69 Å². The molecule has 0 amide bonds. The molecule has 106 valence electrons. The highest BCUT2D eigenvalue weighted by Gasteiger charge is 2.23. The zero-order valence-electron chi connectivity index (χ0n) is 11.9. The maximum Gasteiger partial charge on any atom is 0.156 e. The molecule has 3 aromatic rings. The van der Waals surface area contributed by atoms with Gasteiger partial charge in [-0.05, 0) is 36.6 Å². The van der Waals surface area contributed by atoms with Gasteiger partial charge in [0.2, 0.25) is 0 Å². The summed E-state index contributed by atoms with van der Waals surface area (Å²) in [7, 11) is 0. The number of fused-ring (bicyclic) bond motifs is 2. The second-order valence-electron chi connectivity index (χ2n) is 5.40. The third-order valence-corrected chi connectivity index (χ3v) is 4.17. The van der Waals surface area contributed by atoms with E-state index in [4.69, 9.17) is 10.7 Å². The number of benzene rings is 1. The molecule has 0 saturated heterocycles. The molecule has 2 N–H and O–H groups in total. The lowest BCUT2D eigenvalue weighted by Gasteiger charge is -2.30. The number of aromatic nitrogens is 2. The number of aryl methyl sites for hydroxylation is 1. The van der Waals surface area contributed by atoms with Gasteiger partial charge in [0.25, 0.3) is 0 Å². The zero-order valence-corrected chi connectivity index (χ0v) is 11.9. The minimum Gasteiger partial charge on any atom is -0.325 e. The van der Waals surface area contributed by atoms with Gasteiger partial charge in [-0.3, -0.25) is 0 Å². The molecule has 0 fully saturated rings. The summed E-state index contributed by atoms with van der Waals surface area (Å²) in [4.78, 5) is 7.13. The third-order valence-electron chi connectivity index (χ3n) is 4.17. The number of rotatable bonds is 2. The van der Waals surface area contributed by atoms with Crippen LogP contribution in [-0.4, -0.2) is 15.9 Å². The van der Waals surface area contributed by atoms with Gasteiger partial charge >= 0.3 is 0 Å². The van der Waals surface area contributed by atoms with Crippen LogP contribution in [0, 0.1) is 0 Å². The molecule has 4 nitrogen and oxygen atoms in total. The predicted octanol–water partition coefficient (Wildman–Crippen LogP) is 2.88. The van der Waals surface area contributed by atoms with Crippen molar-refractivity contribution in [3.8, 4) is 0 Å². The average Bonchev–Trinajstić information content (AvgIpc) is 2.92. The maximum atomic E-state index is 6.00. The van der Waals surface area contributed by atoms with E-state index in [1.54, 1.807) is 0 Å². The third kappa shape index (κ3) is 1.91. The fourth-order valence-corrected chi connectivity index (χ4v) is 3.19. The van der Waals surface area contributed by atoms with Gasteiger partial charge in [-0.15, -0.1) is 0 Å². The summed E-state index contributed by atoms with van der Waals surface area (Å²) in [6.45, 7) is 1.48. The van der Waals surface area contributed by atoms with Crippen LogP contribution >= 0.6 is 0 Å². The largest absolute Gasteiger partial charge is 0.325 e. The monoisotopic (exact) mass is 278 g/mol. The molecule has 3 heterocycles. The van der Waals surface area contributed by atoms with Gasteiger partial charge in [-0.1, -0.05) is 24.3 Å². The molecule has 0 bridgehead atoms. The normalized spacial score (nSPS) is 14.4. The number of hydrogen-bond acceptors (Lipinski definition) is 3. The van der Waals surface area contributed by atoms with Crippen LogP contribution in [0.15, 0.2) is 48.7 Å². The van der Waals surface area contributed by atoms with E-state index in [1.807, 2.05) is 24.4 Å². The van der Waals surface area contributed by atoms with Crippen molar-refractivity contribution in [1.29, 1.82) is 0 Å². The second-order valence-corrected chi connectivity index (χ2v) is 5.40. The summed E-state index contributed by atoms with van der Waals surface area (Å²) in [6.07, 6.45) is 4.32. The fraction of sp³-hybridized carbons (Fsp3) is 0.235. The molecule has 0 spiro atoms. The van der Waals surface area contributed by atoms with Crippen molar-refractivity contribution in [1.82, 2.24) is 9.38 Å². The van der Waals surface area contributed by atoms with Crippen molar-refractivity contribution in [3.05, 3.63) is 59.9 Å². The van der Waals surface area contributed by atoms with Gasteiger partial charge in [-0.25, -0.2) is 4.98 Å². The molecule has 2 aromatic heterocycles. The van der Waals surface area contributed by atoms with Crippen LogP contribution in [0.25, 0.3) is 5.65 Å². The molecule has 0 saturated carbocycles. The fourth-order valence-electron chi connectivity index (χ4n) is 3.19. The molecule has 0 atom stereocenters. The Bertz CT molecular complexity index is 790. The first-order chi connectivity index (χ1) is 10.4. The first kappa shape index (κ1) is 12.4. The zero-order chi connectivity index (χ0) is 14.2. The summed E-state index contributed by atoms with van der Waals surface area (Å²) in [5.41, 5.74) is 10.7. The predicted molar refractivity (Wildman–Crippen MR) is 84.9 cm³/mol. The standard InChI is InChI=1S/C17H18N4/c18-12-15-17(19-16-9-3-4-10-20(15)16)21-11-5-7-13-6-1-2-8-14(13)21/h1-4,6,8-10H,5,7,11-12,18H2. The Morgan fingerprint density at radius 3 is 2.86 bits per heavy atom. The van der Waals surface area contributed by atoms with Crippen molar-refractivity contribution in [2.45, 2.75) is 19.4 Å². The first-order valence-corrected chi connectivity index (χ1v) is 7.40. The smallest absolute Gasteiger partial charge is 0.156 e. The summed E-state index contributed by atoms with van der Waals surface area (Å²) >= 11 is 0. The molecular weight excluding hydrogens is 260 g/mol. The Kier molecular flexibility index (Phi) is 2.89. The van der Waals surface area contributed by atoms with E-state index < -0.39 is 0 Å². The van der Waals surface area contributed by atoms with Crippen LogP contribution in [0.1, 0.15) is 17.7 Å². The minimum absolute atomic E-state index is 0.485. The van der Waals surface area contributed by atoms with Crippen LogP contribution in [0.3, 0.4) is 0 Å². The summed E-state index contributed by atoms with van der Waals surface area (Å²) in [5.74, 6) is 0.996. The van der Waals surface area contributed by atoms with Gasteiger partial charge in [0.15, 0.2) is 5.82 Å². The lowest BCUT2D eigenvalue weighted by molar-refractivity contribution is 0.756.